The molecule has 0 atom stereocenters. The molecule has 0 aliphatic carbocycles. The van der Waals surface area contributed by atoms with Gasteiger partial charge in [0.15, 0.2) is 0 Å². The quantitative estimate of drug-likeness (QED) is 0.246. The van der Waals surface area contributed by atoms with Crippen LogP contribution in [0.3, 0.4) is 0 Å². The van der Waals surface area contributed by atoms with Gasteiger partial charge in [0, 0.05) is 15.7 Å². The zero-order valence-corrected chi connectivity index (χ0v) is 23.7. The molecule has 8 nitrogen and oxygen atoms in total. The number of nitrogens with zero attached hydrogens (tertiary/aromatic N) is 1. The lowest BCUT2D eigenvalue weighted by molar-refractivity contribution is -0.114. The Balaban J connectivity index is 1.52. The van der Waals surface area contributed by atoms with Gasteiger partial charge >= 0.3 is 0 Å². The molecule has 0 aromatic heterocycles. The van der Waals surface area contributed by atoms with E-state index in [4.69, 9.17) is 23.2 Å². The maximum atomic E-state index is 13.4. The van der Waals surface area contributed by atoms with E-state index in [0.29, 0.717) is 21.3 Å². The van der Waals surface area contributed by atoms with E-state index < -0.39 is 32.5 Å². The van der Waals surface area contributed by atoms with Crippen LogP contribution in [-0.4, -0.2) is 29.3 Å². The molecule has 2 N–H and O–H groups in total. The summed E-state index contributed by atoms with van der Waals surface area (Å²) in [4.78, 5) is 12.9. The molecule has 4 rings (SSSR count). The number of amides is 1. The summed E-state index contributed by atoms with van der Waals surface area (Å²) in [6, 6.07) is 24.2. The van der Waals surface area contributed by atoms with Gasteiger partial charge in [0.25, 0.3) is 20.0 Å². The van der Waals surface area contributed by atoms with Crippen molar-refractivity contribution < 1.29 is 21.6 Å². The molecule has 202 valence electrons. The van der Waals surface area contributed by atoms with Gasteiger partial charge in [0.05, 0.1) is 21.2 Å². The molecule has 12 heteroatoms. The first kappa shape index (κ1) is 28.4. The van der Waals surface area contributed by atoms with Crippen LogP contribution in [0.25, 0.3) is 0 Å². The first-order chi connectivity index (χ1) is 18.5. The van der Waals surface area contributed by atoms with Crippen LogP contribution in [0.5, 0.6) is 0 Å². The van der Waals surface area contributed by atoms with Crippen molar-refractivity contribution in [3.8, 4) is 0 Å². The third-order valence-electron chi connectivity index (χ3n) is 5.69. The van der Waals surface area contributed by atoms with Crippen LogP contribution in [0.1, 0.15) is 5.56 Å². The number of anilines is 3. The molecule has 0 aliphatic heterocycles. The number of rotatable bonds is 9. The van der Waals surface area contributed by atoms with Crippen LogP contribution in [-0.2, 0) is 24.8 Å². The van der Waals surface area contributed by atoms with Crippen molar-refractivity contribution in [2.75, 3.05) is 20.9 Å². The first-order valence-corrected chi connectivity index (χ1v) is 15.2. The van der Waals surface area contributed by atoms with Gasteiger partial charge < -0.3 is 5.32 Å². The van der Waals surface area contributed by atoms with Gasteiger partial charge in [-0.3, -0.25) is 13.8 Å². The minimum Gasteiger partial charge on any atom is -0.325 e. The lowest BCUT2D eigenvalue weighted by atomic mass is 10.2. The van der Waals surface area contributed by atoms with E-state index in [2.05, 4.69) is 10.0 Å². The van der Waals surface area contributed by atoms with Crippen LogP contribution in [0.15, 0.2) is 107 Å². The van der Waals surface area contributed by atoms with E-state index in [1.54, 1.807) is 43.3 Å². The number of sulfonamides is 2. The van der Waals surface area contributed by atoms with Gasteiger partial charge in [-0.25, -0.2) is 16.8 Å². The molecule has 0 saturated heterocycles. The fourth-order valence-corrected chi connectivity index (χ4v) is 6.48. The van der Waals surface area contributed by atoms with E-state index in [1.807, 2.05) is 0 Å². The molecular weight excluding hydrogens is 581 g/mol. The Labute approximate surface area is 237 Å². The Kier molecular flexibility index (Phi) is 8.51. The second-order valence-corrected chi connectivity index (χ2v) is 12.8. The highest BCUT2D eigenvalue weighted by molar-refractivity contribution is 7.93. The second kappa shape index (κ2) is 11.7. The molecule has 0 bridgehead atoms. The van der Waals surface area contributed by atoms with E-state index in [1.165, 1.54) is 60.7 Å². The molecule has 1 amide bonds. The predicted molar refractivity (Wildman–Crippen MR) is 154 cm³/mol. The third-order valence-corrected chi connectivity index (χ3v) is 9.52. The molecule has 4 aromatic carbocycles. The van der Waals surface area contributed by atoms with Crippen molar-refractivity contribution in [2.45, 2.75) is 16.7 Å². The molecule has 39 heavy (non-hydrogen) atoms. The summed E-state index contributed by atoms with van der Waals surface area (Å²) in [5, 5.41) is 3.46. The lowest BCUT2D eigenvalue weighted by Crippen LogP contribution is -2.38. The van der Waals surface area contributed by atoms with E-state index in [0.717, 1.165) is 4.31 Å². The maximum absolute atomic E-state index is 13.4. The van der Waals surface area contributed by atoms with Crippen molar-refractivity contribution in [1.29, 1.82) is 0 Å². The zero-order chi connectivity index (χ0) is 28.2. The van der Waals surface area contributed by atoms with Crippen molar-refractivity contribution in [2.24, 2.45) is 0 Å². The minimum atomic E-state index is -4.08. The Morgan fingerprint density at radius 3 is 2.05 bits per heavy atom. The molecule has 0 spiro atoms. The summed E-state index contributed by atoms with van der Waals surface area (Å²) in [6.07, 6.45) is 0. The van der Waals surface area contributed by atoms with Crippen molar-refractivity contribution in [3.05, 3.63) is 113 Å². The molecule has 0 aliphatic rings. The number of carbonyl (C=O) groups excluding carboxylic acids is 1. The smallest absolute Gasteiger partial charge is 0.264 e. The van der Waals surface area contributed by atoms with Gasteiger partial charge in [0.1, 0.15) is 6.54 Å². The molecule has 0 fully saturated rings. The van der Waals surface area contributed by atoms with Crippen molar-refractivity contribution in [3.63, 3.8) is 0 Å². The summed E-state index contributed by atoms with van der Waals surface area (Å²) in [7, 11) is -8.01. The normalized spacial score (nSPS) is 11.6. The Hall–Kier alpha value is -3.57. The second-order valence-electron chi connectivity index (χ2n) is 8.39. The van der Waals surface area contributed by atoms with Crippen LogP contribution in [0.4, 0.5) is 17.1 Å². The highest BCUT2D eigenvalue weighted by Crippen LogP contribution is 2.27. The molecule has 4 aromatic rings. The average Bonchev–Trinajstić information content (AvgIpc) is 2.91. The number of hydrogen-bond acceptors (Lipinski definition) is 5. The number of hydrogen-bond donors (Lipinski definition) is 2. The van der Waals surface area contributed by atoms with Crippen LogP contribution < -0.4 is 14.3 Å². The average molecular weight is 605 g/mol. The van der Waals surface area contributed by atoms with Crippen LogP contribution >= 0.6 is 23.2 Å². The zero-order valence-electron chi connectivity index (χ0n) is 20.5. The molecule has 0 radical (unpaired) electrons. The number of carbonyl (C=O) groups is 1. The fourth-order valence-electron chi connectivity index (χ4n) is 3.61. The van der Waals surface area contributed by atoms with Crippen molar-refractivity contribution >= 4 is 66.2 Å². The Morgan fingerprint density at radius 1 is 0.769 bits per heavy atom. The number of benzene rings is 4. The minimum absolute atomic E-state index is 0.0183. The third kappa shape index (κ3) is 6.72. The van der Waals surface area contributed by atoms with Gasteiger partial charge in [0.2, 0.25) is 5.91 Å². The van der Waals surface area contributed by atoms with Gasteiger partial charge in [-0.15, -0.1) is 0 Å². The highest BCUT2D eigenvalue weighted by atomic mass is 35.5. The predicted octanol–water partition coefficient (Wildman–Crippen LogP) is 5.94. The standard InChI is InChI=1S/C27H23Cl2N3O5S2/c1-19-25(29)8-5-9-26(19)31-38(34,35)23-16-12-21(13-17-23)30-27(33)18-32(22-14-10-20(28)11-15-22)39(36,37)24-6-3-2-4-7-24/h2-17,31H,18H2,1H3,(H,30,33). The molecular formula is C27H23Cl2N3O5S2. The lowest BCUT2D eigenvalue weighted by Gasteiger charge is -2.24. The topological polar surface area (TPSA) is 113 Å². The van der Waals surface area contributed by atoms with Crippen molar-refractivity contribution in [1.82, 2.24) is 0 Å². The Bertz CT molecular complexity index is 1700. The summed E-state index contributed by atoms with van der Waals surface area (Å²) < 4.78 is 55.9. The summed E-state index contributed by atoms with van der Waals surface area (Å²) in [5.74, 6) is -0.632. The highest BCUT2D eigenvalue weighted by Gasteiger charge is 2.27. The number of halogens is 2. The first-order valence-electron chi connectivity index (χ1n) is 11.5. The van der Waals surface area contributed by atoms with E-state index >= 15 is 0 Å². The fraction of sp³-hybridized carbons (Fsp3) is 0.0741. The Morgan fingerprint density at radius 2 is 1.41 bits per heavy atom. The summed E-state index contributed by atoms with van der Waals surface area (Å²) in [5.41, 5.74) is 1.47. The van der Waals surface area contributed by atoms with E-state index in [9.17, 15) is 21.6 Å². The summed E-state index contributed by atoms with van der Waals surface area (Å²) in [6.45, 7) is 1.17. The maximum Gasteiger partial charge on any atom is 0.264 e. The SMILES string of the molecule is Cc1c(Cl)cccc1NS(=O)(=O)c1ccc(NC(=O)CN(c2ccc(Cl)cc2)S(=O)(=O)c2ccccc2)cc1. The van der Waals surface area contributed by atoms with E-state index in [-0.39, 0.29) is 21.2 Å². The van der Waals surface area contributed by atoms with Crippen LogP contribution in [0, 0.1) is 6.92 Å². The van der Waals surface area contributed by atoms with Gasteiger partial charge in [-0.05, 0) is 85.3 Å². The molecule has 0 saturated carbocycles. The van der Waals surface area contributed by atoms with Gasteiger partial charge in [-0.2, -0.15) is 0 Å². The number of nitrogens with one attached hydrogen (secondary N) is 2. The molecule has 0 unspecified atom stereocenters. The monoisotopic (exact) mass is 603 g/mol. The molecule has 0 heterocycles. The van der Waals surface area contributed by atoms with Gasteiger partial charge in [-0.1, -0.05) is 47.5 Å². The van der Waals surface area contributed by atoms with Crippen LogP contribution in [0.2, 0.25) is 10.0 Å². The summed E-state index contributed by atoms with van der Waals surface area (Å²) >= 11 is 12.0. The largest absolute Gasteiger partial charge is 0.325 e.